The molecular weight excluding hydrogens is 242 g/mol. The molecule has 1 heterocycles. The highest BCUT2D eigenvalue weighted by molar-refractivity contribution is 4.83. The zero-order chi connectivity index (χ0) is 14.5. The summed E-state index contributed by atoms with van der Waals surface area (Å²) < 4.78 is 0. The molecule has 1 fully saturated rings. The van der Waals surface area contributed by atoms with Gasteiger partial charge in [-0.25, -0.2) is 0 Å². The number of unbranched alkanes of at least 4 members (excludes halogenated alkanes) is 9. The fourth-order valence-electron chi connectivity index (χ4n) is 3.52. The Morgan fingerprint density at radius 3 is 1.50 bits per heavy atom. The molecule has 0 amide bonds. The summed E-state index contributed by atoms with van der Waals surface area (Å²) in [5.41, 5.74) is 0. The van der Waals surface area contributed by atoms with E-state index in [1.54, 1.807) is 0 Å². The van der Waals surface area contributed by atoms with Gasteiger partial charge in [-0.3, -0.25) is 0 Å². The van der Waals surface area contributed by atoms with E-state index in [4.69, 9.17) is 0 Å². The molecule has 0 aromatic carbocycles. The van der Waals surface area contributed by atoms with Gasteiger partial charge in [-0.15, -0.1) is 0 Å². The van der Waals surface area contributed by atoms with Crippen molar-refractivity contribution in [2.45, 2.75) is 122 Å². The molecule has 1 aliphatic heterocycles. The predicted octanol–water partition coefficient (Wildman–Crippen LogP) is 6.22. The van der Waals surface area contributed by atoms with E-state index in [-0.39, 0.29) is 0 Å². The van der Waals surface area contributed by atoms with Gasteiger partial charge in [0.2, 0.25) is 0 Å². The molecule has 1 rings (SSSR count). The van der Waals surface area contributed by atoms with Crippen LogP contribution in [0, 0.1) is 0 Å². The van der Waals surface area contributed by atoms with Crippen LogP contribution in [0.5, 0.6) is 0 Å². The molecule has 0 aliphatic carbocycles. The summed E-state index contributed by atoms with van der Waals surface area (Å²) >= 11 is 0. The van der Waals surface area contributed by atoms with Gasteiger partial charge in [-0.1, -0.05) is 84.5 Å². The van der Waals surface area contributed by atoms with Gasteiger partial charge >= 0.3 is 0 Å². The molecule has 0 aromatic heterocycles. The lowest BCUT2D eigenvalue weighted by Crippen LogP contribution is -2.29. The van der Waals surface area contributed by atoms with Crippen molar-refractivity contribution in [2.75, 3.05) is 0 Å². The number of nitrogens with one attached hydrogen (secondary N) is 1. The second kappa shape index (κ2) is 12.7. The first-order valence-electron chi connectivity index (χ1n) is 9.62. The normalized spacial score (nSPS) is 22.5. The van der Waals surface area contributed by atoms with Crippen molar-refractivity contribution in [1.29, 1.82) is 0 Å². The maximum absolute atomic E-state index is 3.88. The number of hydrogen-bond donors (Lipinski definition) is 1. The van der Waals surface area contributed by atoms with Crippen LogP contribution in [0.15, 0.2) is 0 Å². The van der Waals surface area contributed by atoms with Gasteiger partial charge in [0.1, 0.15) is 0 Å². The van der Waals surface area contributed by atoms with Crippen LogP contribution >= 0.6 is 0 Å². The smallest absolute Gasteiger partial charge is 0.00702 e. The van der Waals surface area contributed by atoms with Crippen LogP contribution in [0.25, 0.3) is 0 Å². The maximum Gasteiger partial charge on any atom is 0.00702 e. The van der Waals surface area contributed by atoms with Crippen LogP contribution in [0.1, 0.15) is 110 Å². The fourth-order valence-corrected chi connectivity index (χ4v) is 3.52. The summed E-state index contributed by atoms with van der Waals surface area (Å²) in [6.07, 6.45) is 21.5. The lowest BCUT2D eigenvalue weighted by Gasteiger charge is -2.14. The average Bonchev–Trinajstić information content (AvgIpc) is 2.90. The van der Waals surface area contributed by atoms with Gasteiger partial charge in [-0.2, -0.15) is 0 Å². The van der Waals surface area contributed by atoms with Gasteiger partial charge in [0, 0.05) is 12.1 Å². The fraction of sp³-hybridized carbons (Fsp3) is 1.00. The first kappa shape index (κ1) is 18.0. The third-order valence-electron chi connectivity index (χ3n) is 4.90. The quantitative estimate of drug-likeness (QED) is 0.395. The lowest BCUT2D eigenvalue weighted by molar-refractivity contribution is 0.454. The van der Waals surface area contributed by atoms with Gasteiger partial charge in [0.25, 0.3) is 0 Å². The topological polar surface area (TPSA) is 12.0 Å². The Labute approximate surface area is 128 Å². The van der Waals surface area contributed by atoms with E-state index in [1.165, 1.54) is 96.3 Å². The zero-order valence-electron chi connectivity index (χ0n) is 14.3. The Morgan fingerprint density at radius 1 is 0.600 bits per heavy atom. The van der Waals surface area contributed by atoms with Crippen LogP contribution in [-0.2, 0) is 0 Å². The molecular formula is C19H39N. The third kappa shape index (κ3) is 9.00. The van der Waals surface area contributed by atoms with Gasteiger partial charge in [0.15, 0.2) is 0 Å². The molecule has 0 radical (unpaired) electrons. The van der Waals surface area contributed by atoms with E-state index in [1.807, 2.05) is 0 Å². The molecule has 1 nitrogen and oxygen atoms in total. The predicted molar refractivity (Wildman–Crippen MR) is 91.3 cm³/mol. The Kier molecular flexibility index (Phi) is 11.4. The molecule has 2 atom stereocenters. The highest BCUT2D eigenvalue weighted by Crippen LogP contribution is 2.21. The highest BCUT2D eigenvalue weighted by atomic mass is 15.0. The average molecular weight is 282 g/mol. The second-order valence-corrected chi connectivity index (χ2v) is 6.90. The van der Waals surface area contributed by atoms with Crippen molar-refractivity contribution < 1.29 is 0 Å². The summed E-state index contributed by atoms with van der Waals surface area (Å²) in [7, 11) is 0. The molecule has 20 heavy (non-hydrogen) atoms. The Morgan fingerprint density at radius 2 is 1.00 bits per heavy atom. The van der Waals surface area contributed by atoms with E-state index < -0.39 is 0 Å². The molecule has 0 spiro atoms. The monoisotopic (exact) mass is 281 g/mol. The maximum atomic E-state index is 3.88. The molecule has 1 heteroatoms. The molecule has 0 saturated carbocycles. The largest absolute Gasteiger partial charge is 0.311 e. The minimum atomic E-state index is 0.849. The van der Waals surface area contributed by atoms with Gasteiger partial charge < -0.3 is 5.32 Å². The minimum Gasteiger partial charge on any atom is -0.311 e. The van der Waals surface area contributed by atoms with Crippen LogP contribution < -0.4 is 5.32 Å². The molecule has 0 aromatic rings. The molecule has 2 unspecified atom stereocenters. The van der Waals surface area contributed by atoms with Crippen molar-refractivity contribution in [3.8, 4) is 0 Å². The molecule has 0 bridgehead atoms. The van der Waals surface area contributed by atoms with E-state index >= 15 is 0 Å². The van der Waals surface area contributed by atoms with Crippen LogP contribution in [0.2, 0.25) is 0 Å². The van der Waals surface area contributed by atoms with Crippen molar-refractivity contribution in [3.63, 3.8) is 0 Å². The van der Waals surface area contributed by atoms with E-state index in [2.05, 4.69) is 19.2 Å². The first-order valence-corrected chi connectivity index (χ1v) is 9.62. The molecule has 1 saturated heterocycles. The van der Waals surface area contributed by atoms with Crippen LogP contribution in [0.4, 0.5) is 0 Å². The van der Waals surface area contributed by atoms with Crippen molar-refractivity contribution in [3.05, 3.63) is 0 Å². The van der Waals surface area contributed by atoms with Crippen LogP contribution in [-0.4, -0.2) is 12.1 Å². The summed E-state index contributed by atoms with van der Waals surface area (Å²) in [6.45, 7) is 4.59. The zero-order valence-corrected chi connectivity index (χ0v) is 14.3. The second-order valence-electron chi connectivity index (χ2n) is 6.90. The summed E-state index contributed by atoms with van der Waals surface area (Å²) in [5, 5.41) is 3.88. The van der Waals surface area contributed by atoms with E-state index in [9.17, 15) is 0 Å². The van der Waals surface area contributed by atoms with Crippen molar-refractivity contribution >= 4 is 0 Å². The Balaban J connectivity index is 1.88. The van der Waals surface area contributed by atoms with E-state index in [0.29, 0.717) is 0 Å². The Bertz CT molecular complexity index is 202. The van der Waals surface area contributed by atoms with Crippen LogP contribution in [0.3, 0.4) is 0 Å². The highest BCUT2D eigenvalue weighted by Gasteiger charge is 2.22. The lowest BCUT2D eigenvalue weighted by atomic mass is 10.0. The van der Waals surface area contributed by atoms with Gasteiger partial charge in [0.05, 0.1) is 0 Å². The third-order valence-corrected chi connectivity index (χ3v) is 4.90. The Hall–Kier alpha value is -0.0400. The standard InChI is InChI=1S/C19H39N/c1-3-5-7-9-10-11-13-15-19-17-16-18(20-19)14-12-8-6-4-2/h18-20H,3-17H2,1-2H3. The van der Waals surface area contributed by atoms with Gasteiger partial charge in [-0.05, 0) is 25.7 Å². The van der Waals surface area contributed by atoms with Crippen molar-refractivity contribution in [2.24, 2.45) is 0 Å². The number of rotatable bonds is 13. The minimum absolute atomic E-state index is 0.849. The molecule has 120 valence electrons. The van der Waals surface area contributed by atoms with Crippen molar-refractivity contribution in [1.82, 2.24) is 5.32 Å². The summed E-state index contributed by atoms with van der Waals surface area (Å²) in [6, 6.07) is 1.70. The number of hydrogen-bond acceptors (Lipinski definition) is 1. The SMILES string of the molecule is CCCCCCCCCC1CCC(CCCCCC)N1. The van der Waals surface area contributed by atoms with E-state index in [0.717, 1.165) is 12.1 Å². The molecule has 1 aliphatic rings. The summed E-state index contributed by atoms with van der Waals surface area (Å²) in [5.74, 6) is 0. The molecule has 1 N–H and O–H groups in total. The summed E-state index contributed by atoms with van der Waals surface area (Å²) in [4.78, 5) is 0. The first-order chi connectivity index (χ1) is 9.86.